The van der Waals surface area contributed by atoms with E-state index in [1.807, 2.05) is 38.1 Å². The van der Waals surface area contributed by atoms with Gasteiger partial charge in [0.25, 0.3) is 0 Å². The summed E-state index contributed by atoms with van der Waals surface area (Å²) >= 11 is 9.47. The van der Waals surface area contributed by atoms with E-state index in [-0.39, 0.29) is 0 Å². The number of hydrogen-bond acceptors (Lipinski definition) is 2. The molecule has 0 aliphatic carbocycles. The molecule has 2 aromatic carbocycles. The number of rotatable bonds is 4. The molecular weight excluding hydrogens is 340 g/mol. The maximum atomic E-state index is 10.7. The van der Waals surface area contributed by atoms with Crippen LogP contribution in [-0.2, 0) is 0 Å². The Kier molecular flexibility index (Phi) is 5.08. The lowest BCUT2D eigenvalue weighted by atomic mass is 9.99. The molecule has 0 aliphatic rings. The summed E-state index contributed by atoms with van der Waals surface area (Å²) in [4.78, 5) is 0. The van der Waals surface area contributed by atoms with Crippen LogP contribution in [-0.4, -0.2) is 11.7 Å². The van der Waals surface area contributed by atoms with Crippen molar-refractivity contribution in [2.75, 3.05) is 6.61 Å². The number of aliphatic hydroxyl groups excluding tert-OH is 1. The van der Waals surface area contributed by atoms with Gasteiger partial charge in [-0.15, -0.1) is 0 Å². The van der Waals surface area contributed by atoms with Crippen LogP contribution in [0.25, 0.3) is 0 Å². The zero-order valence-electron chi connectivity index (χ0n) is 11.4. The Hall–Kier alpha value is -1.03. The quantitative estimate of drug-likeness (QED) is 0.846. The Morgan fingerprint density at radius 3 is 2.65 bits per heavy atom. The fraction of sp³-hybridized carbons (Fsp3) is 0.250. The van der Waals surface area contributed by atoms with Gasteiger partial charge in [-0.3, -0.25) is 0 Å². The first-order valence-corrected chi connectivity index (χ1v) is 7.56. The van der Waals surface area contributed by atoms with Crippen LogP contribution in [0.5, 0.6) is 5.75 Å². The Labute approximate surface area is 132 Å². The minimum atomic E-state index is -0.787. The lowest BCUT2D eigenvalue weighted by molar-refractivity contribution is 0.211. The molecule has 0 fully saturated rings. The molecule has 0 saturated carbocycles. The van der Waals surface area contributed by atoms with Crippen molar-refractivity contribution in [1.29, 1.82) is 0 Å². The molecule has 2 nitrogen and oxygen atoms in total. The van der Waals surface area contributed by atoms with E-state index >= 15 is 0 Å². The van der Waals surface area contributed by atoms with Crippen LogP contribution in [0.2, 0.25) is 5.02 Å². The molecule has 0 bridgehead atoms. The molecule has 4 heteroatoms. The molecule has 2 aromatic rings. The molecule has 0 spiro atoms. The summed E-state index contributed by atoms with van der Waals surface area (Å²) in [5.74, 6) is 0.692. The monoisotopic (exact) mass is 354 g/mol. The summed E-state index contributed by atoms with van der Waals surface area (Å²) in [7, 11) is 0. The van der Waals surface area contributed by atoms with Crippen molar-refractivity contribution < 1.29 is 9.84 Å². The minimum absolute atomic E-state index is 0.555. The smallest absolute Gasteiger partial charge is 0.125 e. The second-order valence-electron chi connectivity index (χ2n) is 4.54. The van der Waals surface area contributed by atoms with E-state index in [9.17, 15) is 5.11 Å². The van der Waals surface area contributed by atoms with E-state index < -0.39 is 6.10 Å². The van der Waals surface area contributed by atoms with Crippen LogP contribution >= 0.6 is 27.5 Å². The van der Waals surface area contributed by atoms with Gasteiger partial charge in [-0.1, -0.05) is 39.2 Å². The van der Waals surface area contributed by atoms with Crippen molar-refractivity contribution in [1.82, 2.24) is 0 Å². The number of hydrogen-bond donors (Lipinski definition) is 1. The molecule has 0 heterocycles. The maximum Gasteiger partial charge on any atom is 0.125 e. The van der Waals surface area contributed by atoms with Crippen LogP contribution in [0.4, 0.5) is 0 Å². The highest BCUT2D eigenvalue weighted by atomic mass is 79.9. The summed E-state index contributed by atoms with van der Waals surface area (Å²) in [6.07, 6.45) is -0.787. The summed E-state index contributed by atoms with van der Waals surface area (Å²) in [6.45, 7) is 4.46. The average molecular weight is 356 g/mol. The first-order chi connectivity index (χ1) is 9.52. The summed E-state index contributed by atoms with van der Waals surface area (Å²) in [5, 5.41) is 11.3. The normalized spacial score (nSPS) is 12.2. The third-order valence-corrected chi connectivity index (χ3v) is 3.97. The van der Waals surface area contributed by atoms with E-state index in [0.717, 1.165) is 21.2 Å². The lowest BCUT2D eigenvalue weighted by Gasteiger charge is -2.18. The van der Waals surface area contributed by atoms with Crippen molar-refractivity contribution in [2.45, 2.75) is 20.0 Å². The van der Waals surface area contributed by atoms with Crippen LogP contribution in [0.3, 0.4) is 0 Å². The van der Waals surface area contributed by atoms with Gasteiger partial charge in [0.1, 0.15) is 11.9 Å². The van der Waals surface area contributed by atoms with Crippen LogP contribution in [0, 0.1) is 6.92 Å². The zero-order chi connectivity index (χ0) is 14.7. The molecule has 0 aromatic heterocycles. The fourth-order valence-corrected chi connectivity index (χ4v) is 2.70. The topological polar surface area (TPSA) is 29.5 Å². The number of benzene rings is 2. The highest BCUT2D eigenvalue weighted by Gasteiger charge is 2.18. The number of ether oxygens (including phenoxy) is 1. The highest BCUT2D eigenvalue weighted by molar-refractivity contribution is 9.10. The van der Waals surface area contributed by atoms with Gasteiger partial charge in [-0.25, -0.2) is 0 Å². The van der Waals surface area contributed by atoms with Gasteiger partial charge in [0, 0.05) is 20.6 Å². The molecule has 1 unspecified atom stereocenters. The van der Waals surface area contributed by atoms with Crippen molar-refractivity contribution in [3.63, 3.8) is 0 Å². The second kappa shape index (κ2) is 6.61. The summed E-state index contributed by atoms with van der Waals surface area (Å²) < 4.78 is 6.41. The van der Waals surface area contributed by atoms with E-state index in [1.54, 1.807) is 12.1 Å². The van der Waals surface area contributed by atoms with Gasteiger partial charge in [0.2, 0.25) is 0 Å². The minimum Gasteiger partial charge on any atom is -0.493 e. The van der Waals surface area contributed by atoms with Crippen LogP contribution in [0.1, 0.15) is 29.7 Å². The van der Waals surface area contributed by atoms with Crippen LogP contribution < -0.4 is 4.74 Å². The zero-order valence-corrected chi connectivity index (χ0v) is 13.7. The number of aliphatic hydroxyl groups is 1. The van der Waals surface area contributed by atoms with Crippen molar-refractivity contribution >= 4 is 27.5 Å². The summed E-state index contributed by atoms with van der Waals surface area (Å²) in [6, 6.07) is 11.2. The maximum absolute atomic E-state index is 10.7. The first-order valence-electron chi connectivity index (χ1n) is 6.39. The van der Waals surface area contributed by atoms with Crippen molar-refractivity contribution in [3.8, 4) is 5.75 Å². The molecule has 0 amide bonds. The SMILES string of the molecule is CCOc1ccc(C)cc1C(O)c1cc(Cl)ccc1Br. The van der Waals surface area contributed by atoms with Crippen LogP contribution in [0.15, 0.2) is 40.9 Å². The molecule has 0 aliphatic heterocycles. The average Bonchev–Trinajstić information content (AvgIpc) is 2.43. The van der Waals surface area contributed by atoms with Crippen molar-refractivity contribution in [3.05, 3.63) is 62.6 Å². The molecule has 1 atom stereocenters. The van der Waals surface area contributed by atoms with E-state index in [0.29, 0.717) is 17.4 Å². The number of halogens is 2. The second-order valence-corrected chi connectivity index (χ2v) is 5.83. The molecule has 2 rings (SSSR count). The molecule has 20 heavy (non-hydrogen) atoms. The van der Waals surface area contributed by atoms with Gasteiger partial charge < -0.3 is 9.84 Å². The van der Waals surface area contributed by atoms with Crippen molar-refractivity contribution in [2.24, 2.45) is 0 Å². The first kappa shape index (κ1) is 15.4. The van der Waals surface area contributed by atoms with Gasteiger partial charge >= 0.3 is 0 Å². The fourth-order valence-electron chi connectivity index (χ4n) is 2.06. The molecule has 0 radical (unpaired) electrons. The Morgan fingerprint density at radius 2 is 1.95 bits per heavy atom. The predicted molar refractivity (Wildman–Crippen MR) is 85.6 cm³/mol. The molecule has 1 N–H and O–H groups in total. The Bertz CT molecular complexity index is 613. The van der Waals surface area contributed by atoms with E-state index in [1.165, 1.54) is 0 Å². The van der Waals surface area contributed by atoms with Gasteiger partial charge in [-0.2, -0.15) is 0 Å². The largest absolute Gasteiger partial charge is 0.493 e. The van der Waals surface area contributed by atoms with Gasteiger partial charge in [-0.05, 0) is 44.2 Å². The third-order valence-electron chi connectivity index (χ3n) is 3.01. The highest BCUT2D eigenvalue weighted by Crippen LogP contribution is 2.35. The Morgan fingerprint density at radius 1 is 1.20 bits per heavy atom. The summed E-state index contributed by atoms with van der Waals surface area (Å²) in [5.41, 5.74) is 2.54. The molecule has 106 valence electrons. The Balaban J connectivity index is 2.49. The lowest BCUT2D eigenvalue weighted by Crippen LogP contribution is -2.05. The molecule has 0 saturated heterocycles. The third kappa shape index (κ3) is 3.35. The standard InChI is InChI=1S/C16H16BrClO2/c1-3-20-15-7-4-10(2)8-13(15)16(19)12-9-11(18)5-6-14(12)17/h4-9,16,19H,3H2,1-2H3. The van der Waals surface area contributed by atoms with E-state index in [4.69, 9.17) is 16.3 Å². The molecular formula is C16H16BrClO2. The van der Waals surface area contributed by atoms with E-state index in [2.05, 4.69) is 15.9 Å². The number of aryl methyl sites for hydroxylation is 1. The predicted octanol–water partition coefficient (Wildman–Crippen LogP) is 4.89. The van der Waals surface area contributed by atoms with Gasteiger partial charge in [0.15, 0.2) is 0 Å². The van der Waals surface area contributed by atoms with Gasteiger partial charge in [0.05, 0.1) is 6.61 Å².